The second kappa shape index (κ2) is 6.37. The van der Waals surface area contributed by atoms with E-state index >= 15 is 0 Å². The number of nitrogens with one attached hydrogen (secondary N) is 1. The monoisotopic (exact) mass is 411 g/mol. The minimum absolute atomic E-state index is 0.0200. The van der Waals surface area contributed by atoms with Crippen LogP contribution in [-0.4, -0.2) is 41.7 Å². The molecule has 1 N–H and O–H groups in total. The fourth-order valence-electron chi connectivity index (χ4n) is 2.19. The van der Waals surface area contributed by atoms with Gasteiger partial charge in [-0.15, -0.1) is 0 Å². The highest BCUT2D eigenvalue weighted by Gasteiger charge is 2.48. The Balaban J connectivity index is 2.03. The van der Waals surface area contributed by atoms with Gasteiger partial charge in [0.1, 0.15) is 18.5 Å². The summed E-state index contributed by atoms with van der Waals surface area (Å²) in [5.74, 6) is 0.300. The van der Waals surface area contributed by atoms with Crippen molar-refractivity contribution in [3.63, 3.8) is 0 Å². The molecule has 26 heavy (non-hydrogen) atoms. The van der Waals surface area contributed by atoms with E-state index in [-0.39, 0.29) is 18.1 Å². The molecule has 1 aliphatic heterocycles. The zero-order valence-electron chi connectivity index (χ0n) is 12.9. The van der Waals surface area contributed by atoms with E-state index in [1.807, 2.05) is 0 Å². The van der Waals surface area contributed by atoms with Crippen LogP contribution in [0.3, 0.4) is 0 Å². The first kappa shape index (κ1) is 18.9. The Labute approximate surface area is 146 Å². The molecule has 1 fully saturated rings. The molecule has 7 nitrogen and oxygen atoms in total. The van der Waals surface area contributed by atoms with E-state index in [1.165, 1.54) is 24.3 Å². The van der Waals surface area contributed by atoms with Crippen LogP contribution in [0, 0.1) is 0 Å². The average Bonchev–Trinajstić information content (AvgIpc) is 3.34. The van der Waals surface area contributed by atoms with Gasteiger partial charge in [-0.25, -0.2) is 16.8 Å². The van der Waals surface area contributed by atoms with Crippen LogP contribution in [-0.2, 0) is 24.8 Å². The summed E-state index contributed by atoms with van der Waals surface area (Å²) < 4.78 is 95.6. The number of fused-ring (bicyclic) bond motifs is 1. The van der Waals surface area contributed by atoms with Crippen molar-refractivity contribution in [2.24, 2.45) is 0 Å². The van der Waals surface area contributed by atoms with Gasteiger partial charge in [-0.3, -0.25) is 0 Å². The van der Waals surface area contributed by atoms with Crippen LogP contribution < -0.4 is 8.86 Å². The summed E-state index contributed by atoms with van der Waals surface area (Å²) in [6.07, 6.45) is -0.0595. The van der Waals surface area contributed by atoms with E-state index in [2.05, 4.69) is 0 Å². The Morgan fingerprint density at radius 3 is 2.27 bits per heavy atom. The summed E-state index contributed by atoms with van der Waals surface area (Å²) in [5.41, 5.74) is -5.76. The molecule has 1 aliphatic rings. The molecule has 0 aromatic heterocycles. The topological polar surface area (TPSA) is 102 Å². The lowest BCUT2D eigenvalue weighted by Crippen LogP contribution is -2.40. The molecule has 1 heterocycles. The van der Waals surface area contributed by atoms with Crippen LogP contribution in [0.2, 0.25) is 0 Å². The third-order valence-electron chi connectivity index (χ3n) is 3.48. The maximum atomic E-state index is 12.5. The van der Waals surface area contributed by atoms with Crippen molar-refractivity contribution in [2.75, 3.05) is 13.2 Å². The standard InChI is InChI=1S/C14H12F3NO6S2/c15-14(16,17)26(21,22)18-25(19,20)13-6-5-12(24-8-9-7-23-9)10-3-1-2-4-11(10)13/h1-6,9,18H,7-8H2. The van der Waals surface area contributed by atoms with Crippen molar-refractivity contribution in [1.29, 1.82) is 0 Å². The summed E-state index contributed by atoms with van der Waals surface area (Å²) in [6.45, 7) is 0.778. The Kier molecular flexibility index (Phi) is 4.63. The molecule has 1 unspecified atom stereocenters. The maximum absolute atomic E-state index is 12.5. The van der Waals surface area contributed by atoms with Crippen LogP contribution in [0.15, 0.2) is 41.3 Å². The van der Waals surface area contributed by atoms with E-state index < -0.39 is 30.5 Å². The van der Waals surface area contributed by atoms with Gasteiger partial charge in [0.2, 0.25) is 0 Å². The highest BCUT2D eigenvalue weighted by Crippen LogP contribution is 2.32. The first-order chi connectivity index (χ1) is 12.0. The molecular formula is C14H12F3NO6S2. The van der Waals surface area contributed by atoms with E-state index in [0.29, 0.717) is 17.7 Å². The molecular weight excluding hydrogens is 399 g/mol. The summed E-state index contributed by atoms with van der Waals surface area (Å²) in [7, 11) is -11.1. The molecule has 2 aromatic carbocycles. The predicted octanol–water partition coefficient (Wildman–Crippen LogP) is 1.75. The molecule has 0 radical (unpaired) electrons. The van der Waals surface area contributed by atoms with Crippen molar-refractivity contribution >= 4 is 30.8 Å². The van der Waals surface area contributed by atoms with E-state index in [4.69, 9.17) is 9.47 Å². The minimum Gasteiger partial charge on any atom is -0.490 e. The number of alkyl halides is 3. The third-order valence-corrected chi connectivity index (χ3v) is 6.78. The number of hydrogen-bond donors (Lipinski definition) is 1. The van der Waals surface area contributed by atoms with Crippen molar-refractivity contribution < 1.29 is 39.5 Å². The zero-order chi connectivity index (χ0) is 19.2. The smallest absolute Gasteiger partial charge is 0.490 e. The van der Waals surface area contributed by atoms with Crippen LogP contribution in [0.1, 0.15) is 0 Å². The molecule has 0 spiro atoms. The number of hydrogen-bond acceptors (Lipinski definition) is 6. The Morgan fingerprint density at radius 2 is 1.69 bits per heavy atom. The minimum atomic E-state index is -6.08. The molecule has 142 valence electrons. The van der Waals surface area contributed by atoms with Gasteiger partial charge in [0, 0.05) is 10.8 Å². The number of sulfonamides is 2. The van der Waals surface area contributed by atoms with Gasteiger partial charge < -0.3 is 9.47 Å². The van der Waals surface area contributed by atoms with E-state index in [9.17, 15) is 30.0 Å². The first-order valence-electron chi connectivity index (χ1n) is 7.12. The van der Waals surface area contributed by atoms with Crippen molar-refractivity contribution in [3.05, 3.63) is 36.4 Å². The molecule has 1 atom stereocenters. The van der Waals surface area contributed by atoms with E-state index in [0.717, 1.165) is 10.2 Å². The maximum Gasteiger partial charge on any atom is 0.512 e. The van der Waals surface area contributed by atoms with Crippen LogP contribution in [0.25, 0.3) is 10.8 Å². The number of benzene rings is 2. The van der Waals surface area contributed by atoms with Crippen LogP contribution in [0.5, 0.6) is 5.75 Å². The normalized spacial score (nSPS) is 18.0. The van der Waals surface area contributed by atoms with Crippen molar-refractivity contribution in [1.82, 2.24) is 4.13 Å². The van der Waals surface area contributed by atoms with Gasteiger partial charge in [-0.2, -0.15) is 13.2 Å². The molecule has 0 bridgehead atoms. The van der Waals surface area contributed by atoms with Crippen LogP contribution in [0.4, 0.5) is 13.2 Å². The van der Waals surface area contributed by atoms with Gasteiger partial charge in [-0.1, -0.05) is 28.4 Å². The number of rotatable bonds is 6. The molecule has 12 heteroatoms. The largest absolute Gasteiger partial charge is 0.512 e. The lowest BCUT2D eigenvalue weighted by Gasteiger charge is -2.14. The van der Waals surface area contributed by atoms with Crippen molar-refractivity contribution in [3.8, 4) is 5.75 Å². The summed E-state index contributed by atoms with van der Waals surface area (Å²) in [6, 6.07) is 8.13. The number of halogens is 3. The van der Waals surface area contributed by atoms with Crippen LogP contribution >= 0.6 is 0 Å². The second-order valence-corrected chi connectivity index (χ2v) is 8.99. The molecule has 0 aliphatic carbocycles. The third kappa shape index (κ3) is 3.77. The predicted molar refractivity (Wildman–Crippen MR) is 84.5 cm³/mol. The lowest BCUT2D eigenvalue weighted by atomic mass is 10.1. The van der Waals surface area contributed by atoms with Gasteiger partial charge in [0.25, 0.3) is 10.0 Å². The highest BCUT2D eigenvalue weighted by atomic mass is 32.3. The quantitative estimate of drug-likeness (QED) is 0.727. The fourth-order valence-corrected chi connectivity index (χ4v) is 4.79. The molecule has 2 aromatic rings. The van der Waals surface area contributed by atoms with E-state index in [1.54, 1.807) is 6.07 Å². The summed E-state index contributed by atoms with van der Waals surface area (Å²) in [4.78, 5) is -0.615. The highest BCUT2D eigenvalue weighted by molar-refractivity contribution is 8.05. The van der Waals surface area contributed by atoms with Gasteiger partial charge in [0.15, 0.2) is 0 Å². The SMILES string of the molecule is O=S(=O)(NS(=O)(=O)C(F)(F)F)c1ccc(OCC2CO2)c2ccccc12. The number of epoxide rings is 1. The Bertz CT molecular complexity index is 1050. The lowest BCUT2D eigenvalue weighted by molar-refractivity contribution is -0.0441. The molecule has 0 saturated carbocycles. The molecule has 3 rings (SSSR count). The fraction of sp³-hybridized carbons (Fsp3) is 0.286. The Morgan fingerprint density at radius 1 is 1.08 bits per heavy atom. The molecule has 0 amide bonds. The summed E-state index contributed by atoms with van der Waals surface area (Å²) >= 11 is 0. The molecule has 1 saturated heterocycles. The van der Waals surface area contributed by atoms with Gasteiger partial charge in [-0.05, 0) is 12.1 Å². The Hall–Kier alpha value is -1.89. The zero-order valence-corrected chi connectivity index (χ0v) is 14.5. The number of ether oxygens (including phenoxy) is 2. The first-order valence-corrected chi connectivity index (χ1v) is 10.1. The van der Waals surface area contributed by atoms with Crippen molar-refractivity contribution in [2.45, 2.75) is 16.5 Å². The van der Waals surface area contributed by atoms with Gasteiger partial charge in [0.05, 0.1) is 11.5 Å². The average molecular weight is 411 g/mol. The second-order valence-electron chi connectivity index (χ2n) is 5.41. The summed E-state index contributed by atoms with van der Waals surface area (Å²) in [5, 5.41) is 0.326. The van der Waals surface area contributed by atoms with Gasteiger partial charge >= 0.3 is 15.5 Å².